The van der Waals surface area contributed by atoms with E-state index >= 15 is 0 Å². The molecule has 3 aromatic rings. The van der Waals surface area contributed by atoms with Crippen molar-refractivity contribution in [2.24, 2.45) is 0 Å². The highest BCUT2D eigenvalue weighted by Gasteiger charge is 2.04. The lowest BCUT2D eigenvalue weighted by atomic mass is 10.3. The molecule has 0 saturated heterocycles. The minimum Gasteiger partial charge on any atom is -0.457 e. The summed E-state index contributed by atoms with van der Waals surface area (Å²) < 4.78 is 11.5. The van der Waals surface area contributed by atoms with Gasteiger partial charge in [0.05, 0.1) is 4.70 Å². The molecular weight excluding hydrogens is 250 g/mol. The Kier molecular flexibility index (Phi) is 2.53. The third kappa shape index (κ3) is 2.08. The van der Waals surface area contributed by atoms with Gasteiger partial charge in [0, 0.05) is 11.8 Å². The van der Waals surface area contributed by atoms with Crippen LogP contribution in [0.5, 0.6) is 11.5 Å². The third-order valence-electron chi connectivity index (χ3n) is 2.42. The minimum atomic E-state index is -0.311. The first-order chi connectivity index (χ1) is 8.70. The molecular formula is C13H9NO3S. The summed E-state index contributed by atoms with van der Waals surface area (Å²) in [6.45, 7) is 0. The lowest BCUT2D eigenvalue weighted by molar-refractivity contribution is 0.481. The van der Waals surface area contributed by atoms with Gasteiger partial charge in [0.25, 0.3) is 0 Å². The van der Waals surface area contributed by atoms with Gasteiger partial charge in [0.15, 0.2) is 5.58 Å². The molecule has 4 nitrogen and oxygen atoms in total. The maximum atomic E-state index is 11.1. The molecule has 0 saturated carbocycles. The SMILES string of the molecule is Nc1ccc(Oc2ccc3sc(=O)oc3c2)cc1. The second kappa shape index (κ2) is 4.19. The second-order valence-corrected chi connectivity index (χ2v) is 4.71. The van der Waals surface area contributed by atoms with Crippen molar-refractivity contribution in [3.8, 4) is 11.5 Å². The zero-order valence-electron chi connectivity index (χ0n) is 9.25. The summed E-state index contributed by atoms with van der Waals surface area (Å²) >= 11 is 1.07. The monoisotopic (exact) mass is 259 g/mol. The molecule has 0 spiro atoms. The van der Waals surface area contributed by atoms with Gasteiger partial charge in [-0.25, -0.2) is 4.79 Å². The van der Waals surface area contributed by atoms with E-state index in [4.69, 9.17) is 14.9 Å². The quantitative estimate of drug-likeness (QED) is 0.717. The number of hydrogen-bond acceptors (Lipinski definition) is 5. The molecule has 3 rings (SSSR count). The van der Waals surface area contributed by atoms with Crippen LogP contribution in [0.4, 0.5) is 5.69 Å². The van der Waals surface area contributed by atoms with Crippen LogP contribution in [-0.2, 0) is 0 Å². The number of nitrogens with two attached hydrogens (primary N) is 1. The Morgan fingerprint density at radius 2 is 1.78 bits per heavy atom. The van der Waals surface area contributed by atoms with E-state index < -0.39 is 0 Å². The first-order valence-corrected chi connectivity index (χ1v) is 6.09. The van der Waals surface area contributed by atoms with Gasteiger partial charge in [-0.1, -0.05) is 11.3 Å². The van der Waals surface area contributed by atoms with E-state index in [2.05, 4.69) is 0 Å². The van der Waals surface area contributed by atoms with E-state index in [9.17, 15) is 4.79 Å². The van der Waals surface area contributed by atoms with Gasteiger partial charge in [0.2, 0.25) is 0 Å². The first kappa shape index (κ1) is 10.9. The molecule has 90 valence electrons. The Morgan fingerprint density at radius 1 is 1.06 bits per heavy atom. The first-order valence-electron chi connectivity index (χ1n) is 5.28. The van der Waals surface area contributed by atoms with Gasteiger partial charge in [0.1, 0.15) is 11.5 Å². The highest BCUT2D eigenvalue weighted by molar-refractivity contribution is 7.16. The summed E-state index contributed by atoms with van der Waals surface area (Å²) in [4.78, 5) is 10.8. The van der Waals surface area contributed by atoms with Crippen LogP contribution in [0.1, 0.15) is 0 Å². The molecule has 1 heterocycles. The van der Waals surface area contributed by atoms with Crippen molar-refractivity contribution in [1.82, 2.24) is 0 Å². The Labute approximate surface area is 106 Å². The highest BCUT2D eigenvalue weighted by atomic mass is 32.1. The third-order valence-corrected chi connectivity index (χ3v) is 3.22. The van der Waals surface area contributed by atoms with Gasteiger partial charge in [-0.3, -0.25) is 0 Å². The summed E-state index contributed by atoms with van der Waals surface area (Å²) in [5.74, 6) is 1.30. The standard InChI is InChI=1S/C13H9NO3S/c14-8-1-3-9(4-2-8)16-10-5-6-12-11(7-10)17-13(15)18-12/h1-7H,14H2. The van der Waals surface area contributed by atoms with Gasteiger partial charge < -0.3 is 14.9 Å². The molecule has 0 aliphatic rings. The lowest BCUT2D eigenvalue weighted by Crippen LogP contribution is -1.86. The zero-order valence-corrected chi connectivity index (χ0v) is 10.1. The molecule has 0 atom stereocenters. The molecule has 5 heteroatoms. The summed E-state index contributed by atoms with van der Waals surface area (Å²) in [7, 11) is 0. The van der Waals surface area contributed by atoms with Crippen LogP contribution in [-0.4, -0.2) is 0 Å². The number of fused-ring (bicyclic) bond motifs is 1. The Bertz CT molecular complexity index is 743. The largest absolute Gasteiger partial charge is 0.457 e. The van der Waals surface area contributed by atoms with Crippen molar-refractivity contribution < 1.29 is 9.15 Å². The van der Waals surface area contributed by atoms with Crippen LogP contribution in [0.3, 0.4) is 0 Å². The number of rotatable bonds is 2. The summed E-state index contributed by atoms with van der Waals surface area (Å²) in [5, 5.41) is 0. The fraction of sp³-hybridized carbons (Fsp3) is 0. The Morgan fingerprint density at radius 3 is 2.56 bits per heavy atom. The van der Waals surface area contributed by atoms with Gasteiger partial charge >= 0.3 is 4.94 Å². The smallest absolute Gasteiger partial charge is 0.396 e. The van der Waals surface area contributed by atoms with Crippen molar-refractivity contribution >= 4 is 27.3 Å². The average Bonchev–Trinajstić information content (AvgIpc) is 2.71. The van der Waals surface area contributed by atoms with E-state index in [0.717, 1.165) is 16.0 Å². The molecule has 2 N–H and O–H groups in total. The molecule has 0 bridgehead atoms. The van der Waals surface area contributed by atoms with Crippen molar-refractivity contribution in [1.29, 1.82) is 0 Å². The predicted octanol–water partition coefficient (Wildman–Crippen LogP) is 3.23. The molecule has 2 aromatic carbocycles. The molecule has 0 amide bonds. The number of ether oxygens (including phenoxy) is 1. The zero-order chi connectivity index (χ0) is 12.5. The molecule has 1 aromatic heterocycles. The Balaban J connectivity index is 1.94. The molecule has 0 radical (unpaired) electrons. The molecule has 0 fully saturated rings. The summed E-state index contributed by atoms with van der Waals surface area (Å²) in [6.07, 6.45) is 0. The van der Waals surface area contributed by atoms with Crippen molar-refractivity contribution in [2.75, 3.05) is 5.73 Å². The number of anilines is 1. The summed E-state index contributed by atoms with van der Waals surface area (Å²) in [6, 6.07) is 12.4. The van der Waals surface area contributed by atoms with Crippen LogP contribution >= 0.6 is 11.3 Å². The number of benzene rings is 2. The highest BCUT2D eigenvalue weighted by Crippen LogP contribution is 2.27. The molecule has 0 aliphatic carbocycles. The van der Waals surface area contributed by atoms with Crippen molar-refractivity contribution in [2.45, 2.75) is 0 Å². The minimum absolute atomic E-state index is 0.311. The van der Waals surface area contributed by atoms with E-state index in [-0.39, 0.29) is 4.94 Å². The predicted molar refractivity (Wildman–Crippen MR) is 71.3 cm³/mol. The molecule has 18 heavy (non-hydrogen) atoms. The van der Waals surface area contributed by atoms with Crippen molar-refractivity contribution in [3.05, 3.63) is 52.2 Å². The normalized spacial score (nSPS) is 10.7. The van der Waals surface area contributed by atoms with Gasteiger partial charge in [-0.15, -0.1) is 0 Å². The molecule has 0 aliphatic heterocycles. The van der Waals surface area contributed by atoms with Crippen LogP contribution in [0.2, 0.25) is 0 Å². The second-order valence-electron chi connectivity index (χ2n) is 3.73. The summed E-state index contributed by atoms with van der Waals surface area (Å²) in [5.41, 5.74) is 6.82. The molecule has 0 unspecified atom stereocenters. The van der Waals surface area contributed by atoms with E-state index in [1.807, 2.05) is 0 Å². The maximum Gasteiger partial charge on any atom is 0.396 e. The topological polar surface area (TPSA) is 65.5 Å². The van der Waals surface area contributed by atoms with E-state index in [1.165, 1.54) is 0 Å². The van der Waals surface area contributed by atoms with Crippen LogP contribution in [0.15, 0.2) is 51.7 Å². The lowest BCUT2D eigenvalue weighted by Gasteiger charge is -2.05. The van der Waals surface area contributed by atoms with Crippen LogP contribution < -0.4 is 15.4 Å². The van der Waals surface area contributed by atoms with Crippen LogP contribution in [0, 0.1) is 0 Å². The van der Waals surface area contributed by atoms with E-state index in [0.29, 0.717) is 22.8 Å². The Hall–Kier alpha value is -2.27. The average molecular weight is 259 g/mol. The van der Waals surface area contributed by atoms with Crippen molar-refractivity contribution in [3.63, 3.8) is 0 Å². The maximum absolute atomic E-state index is 11.1. The van der Waals surface area contributed by atoms with E-state index in [1.54, 1.807) is 42.5 Å². The number of hydrogen-bond donors (Lipinski definition) is 1. The fourth-order valence-electron chi connectivity index (χ4n) is 1.59. The van der Waals surface area contributed by atoms with Gasteiger partial charge in [-0.2, -0.15) is 0 Å². The number of nitrogen functional groups attached to an aromatic ring is 1. The fourth-order valence-corrected chi connectivity index (χ4v) is 2.24. The van der Waals surface area contributed by atoms with Crippen LogP contribution in [0.25, 0.3) is 10.3 Å². The van der Waals surface area contributed by atoms with Gasteiger partial charge in [-0.05, 0) is 36.4 Å².